The van der Waals surface area contributed by atoms with Crippen LogP contribution in [0, 0.1) is 0 Å². The van der Waals surface area contributed by atoms with Crippen molar-refractivity contribution in [3.63, 3.8) is 0 Å². The van der Waals surface area contributed by atoms with Crippen molar-refractivity contribution in [2.45, 2.75) is 26.3 Å². The first-order valence-electron chi connectivity index (χ1n) is 6.24. The highest BCUT2D eigenvalue weighted by molar-refractivity contribution is 6.33. The maximum atomic E-state index is 12.2. The normalized spacial score (nSPS) is 11.4. The fraction of sp³-hybridized carbons (Fsp3) is 0.267. The van der Waals surface area contributed by atoms with Crippen molar-refractivity contribution in [3.05, 3.63) is 47.2 Å². The third kappa shape index (κ3) is 2.86. The summed E-state index contributed by atoms with van der Waals surface area (Å²) in [7, 11) is 0. The van der Waals surface area contributed by atoms with Gasteiger partial charge in [-0.25, -0.2) is 5.84 Å². The lowest BCUT2D eigenvalue weighted by atomic mass is 10.1. The van der Waals surface area contributed by atoms with Gasteiger partial charge in [0.2, 0.25) is 0 Å². The van der Waals surface area contributed by atoms with Crippen molar-refractivity contribution in [2.75, 3.05) is 0 Å². The van der Waals surface area contributed by atoms with Crippen LogP contribution in [0.25, 0.3) is 11.3 Å². The zero-order valence-corrected chi connectivity index (χ0v) is 12.4. The molecule has 0 fully saturated rings. The van der Waals surface area contributed by atoms with Crippen molar-refractivity contribution in [2.24, 2.45) is 5.84 Å². The highest BCUT2D eigenvalue weighted by atomic mass is 35.5. The van der Waals surface area contributed by atoms with Crippen LogP contribution in [0.1, 0.15) is 31.3 Å². The summed E-state index contributed by atoms with van der Waals surface area (Å²) in [5.74, 6) is 6.17. The van der Waals surface area contributed by atoms with E-state index < -0.39 is 5.54 Å². The van der Waals surface area contributed by atoms with Gasteiger partial charge in [-0.3, -0.25) is 9.80 Å². The smallest absolute Gasteiger partial charge is 0.303 e. The van der Waals surface area contributed by atoms with Gasteiger partial charge in [-0.05, 0) is 45.0 Å². The number of nitrogens with two attached hydrogens (primary N) is 1. The Balaban J connectivity index is 2.31. The molecule has 106 valence electrons. The molecule has 0 unspecified atom stereocenters. The van der Waals surface area contributed by atoms with E-state index in [-0.39, 0.29) is 11.7 Å². The fourth-order valence-corrected chi connectivity index (χ4v) is 1.91. The van der Waals surface area contributed by atoms with E-state index in [1.54, 1.807) is 18.2 Å². The standard InChI is InChI=1S/C15H17ClN2O2/c1-15(2,3)18(17)14(19)13-9-8-12(20-13)10-6-4-5-7-11(10)16/h4-9H,17H2,1-3H3. The van der Waals surface area contributed by atoms with Crippen molar-refractivity contribution < 1.29 is 9.21 Å². The molecule has 0 bridgehead atoms. The van der Waals surface area contributed by atoms with Crippen LogP contribution in [0.3, 0.4) is 0 Å². The van der Waals surface area contributed by atoms with Crippen LogP contribution < -0.4 is 5.84 Å². The van der Waals surface area contributed by atoms with Crippen LogP contribution in [0.5, 0.6) is 0 Å². The molecule has 1 aromatic heterocycles. The van der Waals surface area contributed by atoms with Gasteiger partial charge in [0.05, 0.1) is 10.6 Å². The molecule has 2 aromatic rings. The molecule has 1 aromatic carbocycles. The number of hydrogen-bond acceptors (Lipinski definition) is 3. The molecule has 0 atom stereocenters. The van der Waals surface area contributed by atoms with E-state index in [0.29, 0.717) is 10.8 Å². The second-order valence-electron chi connectivity index (χ2n) is 5.49. The summed E-state index contributed by atoms with van der Waals surface area (Å²) < 4.78 is 5.57. The summed E-state index contributed by atoms with van der Waals surface area (Å²) in [6.07, 6.45) is 0. The molecule has 0 aliphatic rings. The number of hydrazine groups is 1. The Morgan fingerprint density at radius 2 is 1.85 bits per heavy atom. The summed E-state index contributed by atoms with van der Waals surface area (Å²) in [5, 5.41) is 1.73. The number of carbonyl (C=O) groups excluding carboxylic acids is 1. The van der Waals surface area contributed by atoms with Crippen LogP contribution >= 0.6 is 11.6 Å². The van der Waals surface area contributed by atoms with Crippen LogP contribution in [0.15, 0.2) is 40.8 Å². The molecule has 1 heterocycles. The van der Waals surface area contributed by atoms with Crippen molar-refractivity contribution in [1.82, 2.24) is 5.01 Å². The number of benzene rings is 1. The Labute approximate surface area is 123 Å². The third-order valence-corrected chi connectivity index (χ3v) is 3.23. The average molecular weight is 293 g/mol. The third-order valence-electron chi connectivity index (χ3n) is 2.90. The van der Waals surface area contributed by atoms with E-state index in [0.717, 1.165) is 10.6 Å². The highest BCUT2D eigenvalue weighted by Gasteiger charge is 2.26. The van der Waals surface area contributed by atoms with Gasteiger partial charge in [0.25, 0.3) is 0 Å². The molecule has 20 heavy (non-hydrogen) atoms. The van der Waals surface area contributed by atoms with Crippen LogP contribution in [-0.2, 0) is 0 Å². The van der Waals surface area contributed by atoms with Crippen LogP contribution in [0.4, 0.5) is 0 Å². The number of furan rings is 1. The highest BCUT2D eigenvalue weighted by Crippen LogP contribution is 2.29. The number of amides is 1. The monoisotopic (exact) mass is 292 g/mol. The number of nitrogens with zero attached hydrogens (tertiary/aromatic N) is 1. The molecule has 5 heteroatoms. The molecular weight excluding hydrogens is 276 g/mol. The van der Waals surface area contributed by atoms with Gasteiger partial charge in [0, 0.05) is 5.56 Å². The van der Waals surface area contributed by atoms with E-state index in [1.807, 2.05) is 39.0 Å². The summed E-state index contributed by atoms with van der Waals surface area (Å²) in [4.78, 5) is 12.2. The van der Waals surface area contributed by atoms with E-state index in [9.17, 15) is 4.79 Å². The predicted octanol–water partition coefficient (Wildman–Crippen LogP) is 3.71. The molecule has 2 rings (SSSR count). The first-order valence-corrected chi connectivity index (χ1v) is 6.62. The van der Waals surface area contributed by atoms with Crippen molar-refractivity contribution in [3.8, 4) is 11.3 Å². The predicted molar refractivity (Wildman–Crippen MR) is 79.3 cm³/mol. The molecule has 0 aliphatic carbocycles. The number of rotatable bonds is 2. The number of hydrogen-bond donors (Lipinski definition) is 1. The Hall–Kier alpha value is -1.78. The first-order chi connectivity index (χ1) is 9.30. The summed E-state index contributed by atoms with van der Waals surface area (Å²) in [6, 6.07) is 10.6. The second kappa shape index (κ2) is 5.31. The lowest BCUT2D eigenvalue weighted by Gasteiger charge is -2.30. The summed E-state index contributed by atoms with van der Waals surface area (Å²) >= 11 is 6.10. The van der Waals surface area contributed by atoms with Gasteiger partial charge >= 0.3 is 5.91 Å². The second-order valence-corrected chi connectivity index (χ2v) is 5.90. The molecule has 2 N–H and O–H groups in total. The zero-order chi connectivity index (χ0) is 14.9. The number of carbonyl (C=O) groups is 1. The van der Waals surface area contributed by atoms with E-state index in [4.69, 9.17) is 21.9 Å². The average Bonchev–Trinajstić information content (AvgIpc) is 2.86. The number of halogens is 1. The quantitative estimate of drug-likeness (QED) is 0.521. The molecule has 1 amide bonds. The maximum Gasteiger partial charge on any atom is 0.303 e. The topological polar surface area (TPSA) is 59.5 Å². The van der Waals surface area contributed by atoms with Crippen molar-refractivity contribution >= 4 is 17.5 Å². The molecular formula is C15H17ClN2O2. The largest absolute Gasteiger partial charge is 0.451 e. The SMILES string of the molecule is CC(C)(C)N(N)C(=O)c1ccc(-c2ccccc2Cl)o1. The molecule has 0 radical (unpaired) electrons. The summed E-state index contributed by atoms with van der Waals surface area (Å²) in [6.45, 7) is 5.55. The Morgan fingerprint density at radius 1 is 1.20 bits per heavy atom. The van der Waals surface area contributed by atoms with Gasteiger partial charge in [0.1, 0.15) is 5.76 Å². The van der Waals surface area contributed by atoms with Gasteiger partial charge < -0.3 is 4.42 Å². The van der Waals surface area contributed by atoms with Crippen LogP contribution in [0.2, 0.25) is 5.02 Å². The Morgan fingerprint density at radius 3 is 2.45 bits per heavy atom. The van der Waals surface area contributed by atoms with E-state index in [1.165, 1.54) is 0 Å². The minimum absolute atomic E-state index is 0.192. The minimum Gasteiger partial charge on any atom is -0.451 e. The van der Waals surface area contributed by atoms with Gasteiger partial charge in [-0.15, -0.1) is 0 Å². The van der Waals surface area contributed by atoms with E-state index in [2.05, 4.69) is 0 Å². The first kappa shape index (κ1) is 14.6. The fourth-order valence-electron chi connectivity index (χ4n) is 1.68. The Kier molecular flexibility index (Phi) is 3.88. The molecule has 0 saturated heterocycles. The lowest BCUT2D eigenvalue weighted by Crippen LogP contribution is -2.50. The van der Waals surface area contributed by atoms with Gasteiger partial charge in [0.15, 0.2) is 5.76 Å². The van der Waals surface area contributed by atoms with E-state index >= 15 is 0 Å². The van der Waals surface area contributed by atoms with Gasteiger partial charge in [-0.1, -0.05) is 23.7 Å². The van der Waals surface area contributed by atoms with Gasteiger partial charge in [-0.2, -0.15) is 0 Å². The van der Waals surface area contributed by atoms with Crippen LogP contribution in [-0.4, -0.2) is 16.5 Å². The molecule has 0 spiro atoms. The molecule has 0 saturated carbocycles. The molecule has 4 nitrogen and oxygen atoms in total. The lowest BCUT2D eigenvalue weighted by molar-refractivity contribution is 0.0549. The molecule has 0 aliphatic heterocycles. The van der Waals surface area contributed by atoms with Crippen molar-refractivity contribution in [1.29, 1.82) is 0 Å². The summed E-state index contributed by atoms with van der Waals surface area (Å²) in [5.41, 5.74) is 0.265. The maximum absolute atomic E-state index is 12.2. The minimum atomic E-state index is -0.478. The zero-order valence-electron chi connectivity index (χ0n) is 11.7. The Bertz CT molecular complexity index is 629.